The average molecular weight is 360 g/mol. The summed E-state index contributed by atoms with van der Waals surface area (Å²) in [5, 5.41) is 0. The van der Waals surface area contributed by atoms with E-state index in [4.69, 9.17) is 4.74 Å². The zero-order chi connectivity index (χ0) is 14.8. The highest BCUT2D eigenvalue weighted by molar-refractivity contribution is 9.10. The number of para-hydroxylation sites is 2. The van der Waals surface area contributed by atoms with Crippen LogP contribution < -0.4 is 9.46 Å². The van der Waals surface area contributed by atoms with E-state index in [2.05, 4.69) is 20.7 Å². The molecule has 2 aromatic carbocycles. The molecule has 4 nitrogen and oxygen atoms in total. The van der Waals surface area contributed by atoms with E-state index in [1.807, 2.05) is 0 Å². The van der Waals surface area contributed by atoms with Crippen LogP contribution in [0.5, 0.6) is 11.5 Å². The lowest BCUT2D eigenvalue weighted by Crippen LogP contribution is -2.10. The third-order valence-electron chi connectivity index (χ3n) is 2.30. The molecule has 0 saturated heterocycles. The Kier molecular flexibility index (Phi) is 4.29. The molecule has 0 fully saturated rings. The topological polar surface area (TPSA) is 55.4 Å². The van der Waals surface area contributed by atoms with Crippen LogP contribution >= 0.6 is 15.9 Å². The molecular formula is C13H11BrFNO3S. The number of halogens is 2. The maximum Gasteiger partial charge on any atom is 0.229 e. The van der Waals surface area contributed by atoms with Gasteiger partial charge >= 0.3 is 0 Å². The van der Waals surface area contributed by atoms with Gasteiger partial charge in [-0.15, -0.1) is 0 Å². The summed E-state index contributed by atoms with van der Waals surface area (Å²) in [5.74, 6) is 0.101. The summed E-state index contributed by atoms with van der Waals surface area (Å²) in [7, 11) is -3.42. The molecule has 0 aliphatic rings. The number of ether oxygens (including phenoxy) is 1. The van der Waals surface area contributed by atoms with Crippen molar-refractivity contribution in [3.05, 3.63) is 52.8 Å². The van der Waals surface area contributed by atoms with Crippen molar-refractivity contribution in [2.24, 2.45) is 0 Å². The van der Waals surface area contributed by atoms with Crippen molar-refractivity contribution < 1.29 is 17.5 Å². The van der Waals surface area contributed by atoms with Gasteiger partial charge in [0.15, 0.2) is 5.75 Å². The molecule has 2 rings (SSSR count). The second-order valence-corrected chi connectivity index (χ2v) is 6.65. The molecule has 0 atom stereocenters. The quantitative estimate of drug-likeness (QED) is 0.904. The lowest BCUT2D eigenvalue weighted by atomic mass is 10.3. The Labute approximate surface area is 124 Å². The Morgan fingerprint density at radius 1 is 1.20 bits per heavy atom. The van der Waals surface area contributed by atoms with Gasteiger partial charge in [0.05, 0.1) is 16.4 Å². The normalized spacial score (nSPS) is 11.2. The Morgan fingerprint density at radius 3 is 2.55 bits per heavy atom. The highest BCUT2D eigenvalue weighted by Crippen LogP contribution is 2.31. The zero-order valence-corrected chi connectivity index (χ0v) is 12.8. The molecule has 7 heteroatoms. The maximum absolute atomic E-state index is 13.4. The first-order valence-electron chi connectivity index (χ1n) is 5.55. The Morgan fingerprint density at radius 2 is 1.90 bits per heavy atom. The maximum atomic E-state index is 13.4. The van der Waals surface area contributed by atoms with Crippen LogP contribution in [0.25, 0.3) is 0 Å². The molecule has 0 bridgehead atoms. The van der Waals surface area contributed by atoms with Crippen molar-refractivity contribution in [3.8, 4) is 11.5 Å². The summed E-state index contributed by atoms with van der Waals surface area (Å²) >= 11 is 3.05. The monoisotopic (exact) mass is 359 g/mol. The molecule has 1 N–H and O–H groups in total. The Hall–Kier alpha value is -1.60. The molecule has 0 aromatic heterocycles. The number of hydrogen-bond donors (Lipinski definition) is 1. The predicted molar refractivity (Wildman–Crippen MR) is 79.1 cm³/mol. The smallest absolute Gasteiger partial charge is 0.229 e. The highest BCUT2D eigenvalue weighted by Gasteiger charge is 2.09. The largest absolute Gasteiger partial charge is 0.455 e. The van der Waals surface area contributed by atoms with Crippen molar-refractivity contribution in [1.29, 1.82) is 0 Å². The summed E-state index contributed by atoms with van der Waals surface area (Å²) in [6.45, 7) is 0. The first kappa shape index (κ1) is 14.8. The summed E-state index contributed by atoms with van der Waals surface area (Å²) < 4.78 is 44.1. The van der Waals surface area contributed by atoms with Crippen molar-refractivity contribution in [3.63, 3.8) is 0 Å². The van der Waals surface area contributed by atoms with Gasteiger partial charge in [0, 0.05) is 6.07 Å². The summed E-state index contributed by atoms with van der Waals surface area (Å²) in [4.78, 5) is 0. The number of benzene rings is 2. The standard InChI is InChI=1S/C13H11BrFNO3S/c1-20(17,18)16-12-4-2-3-5-13(12)19-9-6-7-10(14)11(15)8-9/h2-8,16H,1H3. The number of sulfonamides is 1. The first-order valence-corrected chi connectivity index (χ1v) is 8.23. The molecular weight excluding hydrogens is 349 g/mol. The van der Waals surface area contributed by atoms with Gasteiger partial charge in [-0.05, 0) is 40.2 Å². The van der Waals surface area contributed by atoms with Crippen LogP contribution in [0.2, 0.25) is 0 Å². The molecule has 0 radical (unpaired) electrons. The van der Waals surface area contributed by atoms with Gasteiger partial charge in [-0.2, -0.15) is 0 Å². The van der Waals surface area contributed by atoms with Gasteiger partial charge in [0.2, 0.25) is 10.0 Å². The van der Waals surface area contributed by atoms with Gasteiger partial charge in [-0.1, -0.05) is 12.1 Å². The minimum absolute atomic E-state index is 0.272. The predicted octanol–water partition coefficient (Wildman–Crippen LogP) is 3.75. The second-order valence-electron chi connectivity index (χ2n) is 4.05. The molecule has 0 saturated carbocycles. The van der Waals surface area contributed by atoms with E-state index in [1.165, 1.54) is 12.1 Å². The summed E-state index contributed by atoms with van der Waals surface area (Å²) in [6.07, 6.45) is 1.04. The average Bonchev–Trinajstić information content (AvgIpc) is 2.34. The van der Waals surface area contributed by atoms with Crippen molar-refractivity contribution >= 4 is 31.6 Å². The third-order valence-corrected chi connectivity index (χ3v) is 3.54. The Balaban J connectivity index is 2.31. The number of hydrogen-bond acceptors (Lipinski definition) is 3. The fourth-order valence-electron chi connectivity index (χ4n) is 1.51. The zero-order valence-electron chi connectivity index (χ0n) is 10.4. The molecule has 20 heavy (non-hydrogen) atoms. The van der Waals surface area contributed by atoms with Gasteiger partial charge in [-0.3, -0.25) is 4.72 Å². The van der Waals surface area contributed by atoms with Gasteiger partial charge in [0.25, 0.3) is 0 Å². The van der Waals surface area contributed by atoms with Gasteiger partial charge in [-0.25, -0.2) is 12.8 Å². The lowest BCUT2D eigenvalue weighted by Gasteiger charge is -2.12. The fraction of sp³-hybridized carbons (Fsp3) is 0.0769. The van der Waals surface area contributed by atoms with Crippen LogP contribution in [-0.2, 0) is 10.0 Å². The van der Waals surface area contributed by atoms with Crippen LogP contribution in [0.15, 0.2) is 46.9 Å². The molecule has 0 aliphatic carbocycles. The Bertz CT molecular complexity index is 734. The first-order chi connectivity index (χ1) is 9.35. The van der Waals surface area contributed by atoms with E-state index in [0.717, 1.165) is 6.26 Å². The van der Waals surface area contributed by atoms with Crippen LogP contribution in [0.3, 0.4) is 0 Å². The molecule has 106 valence electrons. The minimum atomic E-state index is -3.42. The molecule has 0 aliphatic heterocycles. The van der Waals surface area contributed by atoms with E-state index in [-0.39, 0.29) is 5.75 Å². The van der Waals surface area contributed by atoms with Crippen LogP contribution in [0.1, 0.15) is 0 Å². The van der Waals surface area contributed by atoms with Crippen LogP contribution in [-0.4, -0.2) is 14.7 Å². The minimum Gasteiger partial charge on any atom is -0.455 e. The lowest BCUT2D eigenvalue weighted by molar-refractivity contribution is 0.478. The highest BCUT2D eigenvalue weighted by atomic mass is 79.9. The number of nitrogens with one attached hydrogen (secondary N) is 1. The fourth-order valence-corrected chi connectivity index (χ4v) is 2.32. The second kappa shape index (κ2) is 5.80. The van der Waals surface area contributed by atoms with E-state index in [0.29, 0.717) is 15.9 Å². The van der Waals surface area contributed by atoms with E-state index < -0.39 is 15.8 Å². The summed E-state index contributed by atoms with van der Waals surface area (Å²) in [6, 6.07) is 10.8. The van der Waals surface area contributed by atoms with Crippen LogP contribution in [0, 0.1) is 5.82 Å². The molecule has 0 amide bonds. The number of rotatable bonds is 4. The van der Waals surface area contributed by atoms with Crippen LogP contribution in [0.4, 0.5) is 10.1 Å². The van der Waals surface area contributed by atoms with E-state index in [9.17, 15) is 12.8 Å². The van der Waals surface area contributed by atoms with Crippen molar-refractivity contribution in [2.45, 2.75) is 0 Å². The molecule has 0 spiro atoms. The molecule has 2 aromatic rings. The van der Waals surface area contributed by atoms with Crippen molar-refractivity contribution in [2.75, 3.05) is 11.0 Å². The van der Waals surface area contributed by atoms with E-state index in [1.54, 1.807) is 30.3 Å². The third kappa shape index (κ3) is 3.94. The van der Waals surface area contributed by atoms with Gasteiger partial charge < -0.3 is 4.74 Å². The van der Waals surface area contributed by atoms with Crippen molar-refractivity contribution in [1.82, 2.24) is 0 Å². The molecule has 0 unspecified atom stereocenters. The molecule has 0 heterocycles. The number of anilines is 1. The van der Waals surface area contributed by atoms with E-state index >= 15 is 0 Å². The summed E-state index contributed by atoms with van der Waals surface area (Å²) in [5.41, 5.74) is 0.290. The SMILES string of the molecule is CS(=O)(=O)Nc1ccccc1Oc1ccc(Br)c(F)c1. The van der Waals surface area contributed by atoms with Gasteiger partial charge in [0.1, 0.15) is 11.6 Å².